The Balaban J connectivity index is 1.94. The van der Waals surface area contributed by atoms with Crippen LogP contribution in [0.5, 0.6) is 5.75 Å². The van der Waals surface area contributed by atoms with Crippen molar-refractivity contribution in [1.82, 2.24) is 4.98 Å². The number of pyridine rings is 1. The molecule has 0 fully saturated rings. The third-order valence-electron chi connectivity index (χ3n) is 3.10. The number of nitrogens with one attached hydrogen (secondary N) is 1. The van der Waals surface area contributed by atoms with Gasteiger partial charge in [-0.15, -0.1) is 0 Å². The first-order chi connectivity index (χ1) is 9.56. The fraction of sp³-hybridized carbons (Fsp3) is 0.250. The van der Waals surface area contributed by atoms with E-state index in [1.807, 2.05) is 51.1 Å². The fourth-order valence-electron chi connectivity index (χ4n) is 1.81. The molecule has 0 aliphatic heterocycles. The average Bonchev–Trinajstić information content (AvgIpc) is 2.40. The molecule has 0 spiro atoms. The summed E-state index contributed by atoms with van der Waals surface area (Å²) in [6.45, 7) is 5.91. The van der Waals surface area contributed by atoms with Gasteiger partial charge in [-0.3, -0.25) is 4.79 Å². The molecule has 1 aromatic carbocycles. The van der Waals surface area contributed by atoms with E-state index < -0.39 is 0 Å². The van der Waals surface area contributed by atoms with Crippen molar-refractivity contribution in [2.75, 3.05) is 11.9 Å². The minimum absolute atomic E-state index is 0.0279. The molecule has 1 N–H and O–H groups in total. The van der Waals surface area contributed by atoms with Crippen LogP contribution in [0.4, 0.5) is 5.82 Å². The van der Waals surface area contributed by atoms with E-state index in [9.17, 15) is 4.79 Å². The summed E-state index contributed by atoms with van der Waals surface area (Å²) in [4.78, 5) is 15.9. The third-order valence-corrected chi connectivity index (χ3v) is 3.10. The average molecular weight is 270 g/mol. The Labute approximate surface area is 118 Å². The molecular weight excluding hydrogens is 252 g/mol. The van der Waals surface area contributed by atoms with E-state index in [4.69, 9.17) is 4.74 Å². The molecule has 2 aromatic rings. The second kappa shape index (κ2) is 6.19. The van der Waals surface area contributed by atoms with Gasteiger partial charge in [-0.2, -0.15) is 0 Å². The highest BCUT2D eigenvalue weighted by molar-refractivity contribution is 5.91. The normalized spacial score (nSPS) is 10.2. The van der Waals surface area contributed by atoms with E-state index >= 15 is 0 Å². The van der Waals surface area contributed by atoms with Gasteiger partial charge in [0.25, 0.3) is 5.91 Å². The Bertz CT molecular complexity index is 624. The summed E-state index contributed by atoms with van der Waals surface area (Å²) < 4.78 is 5.54. The van der Waals surface area contributed by atoms with Crippen LogP contribution in [0.1, 0.15) is 16.7 Å². The summed E-state index contributed by atoms with van der Waals surface area (Å²) in [7, 11) is 0. The lowest BCUT2D eigenvalue weighted by molar-refractivity contribution is -0.118. The van der Waals surface area contributed by atoms with E-state index in [0.717, 1.165) is 22.4 Å². The fourth-order valence-corrected chi connectivity index (χ4v) is 1.81. The maximum atomic E-state index is 11.8. The van der Waals surface area contributed by atoms with Crippen LogP contribution in [-0.4, -0.2) is 17.5 Å². The number of hydrogen-bond acceptors (Lipinski definition) is 3. The number of hydrogen-bond donors (Lipinski definition) is 1. The smallest absolute Gasteiger partial charge is 0.263 e. The van der Waals surface area contributed by atoms with Gasteiger partial charge in [-0.25, -0.2) is 4.98 Å². The molecule has 2 rings (SSSR count). The van der Waals surface area contributed by atoms with Gasteiger partial charge in [0.1, 0.15) is 11.6 Å². The number of aryl methyl sites for hydroxylation is 2. The summed E-state index contributed by atoms with van der Waals surface area (Å²) in [5.41, 5.74) is 3.24. The Morgan fingerprint density at radius 3 is 2.80 bits per heavy atom. The zero-order valence-electron chi connectivity index (χ0n) is 11.9. The van der Waals surface area contributed by atoms with Gasteiger partial charge in [0.15, 0.2) is 6.61 Å². The molecule has 1 amide bonds. The number of nitrogens with zero attached hydrogens (tertiary/aromatic N) is 1. The summed E-state index contributed by atoms with van der Waals surface area (Å²) in [5, 5.41) is 2.71. The van der Waals surface area contributed by atoms with Crippen LogP contribution >= 0.6 is 0 Å². The number of carbonyl (C=O) groups excluding carboxylic acids is 1. The van der Waals surface area contributed by atoms with Crippen LogP contribution in [0.25, 0.3) is 0 Å². The van der Waals surface area contributed by atoms with E-state index in [-0.39, 0.29) is 12.5 Å². The van der Waals surface area contributed by atoms with Gasteiger partial charge in [-0.05, 0) is 55.7 Å². The van der Waals surface area contributed by atoms with Crippen molar-refractivity contribution in [1.29, 1.82) is 0 Å². The van der Waals surface area contributed by atoms with Gasteiger partial charge in [0, 0.05) is 6.20 Å². The molecular formula is C16H18N2O2. The van der Waals surface area contributed by atoms with Crippen molar-refractivity contribution in [3.05, 3.63) is 53.2 Å². The first-order valence-electron chi connectivity index (χ1n) is 6.48. The Hall–Kier alpha value is -2.36. The molecule has 0 aliphatic carbocycles. The molecule has 4 heteroatoms. The van der Waals surface area contributed by atoms with Gasteiger partial charge >= 0.3 is 0 Å². The van der Waals surface area contributed by atoms with Crippen LogP contribution in [0, 0.1) is 20.8 Å². The minimum atomic E-state index is -0.219. The van der Waals surface area contributed by atoms with Crippen LogP contribution in [0.15, 0.2) is 36.5 Å². The van der Waals surface area contributed by atoms with Crippen molar-refractivity contribution < 1.29 is 9.53 Å². The summed E-state index contributed by atoms with van der Waals surface area (Å²) in [6.07, 6.45) is 1.66. The van der Waals surface area contributed by atoms with Crippen molar-refractivity contribution in [3.63, 3.8) is 0 Å². The molecule has 0 saturated carbocycles. The lowest BCUT2D eigenvalue weighted by atomic mass is 10.1. The van der Waals surface area contributed by atoms with E-state index in [0.29, 0.717) is 5.82 Å². The molecule has 1 heterocycles. The molecule has 0 bridgehead atoms. The topological polar surface area (TPSA) is 51.2 Å². The Morgan fingerprint density at radius 1 is 1.25 bits per heavy atom. The van der Waals surface area contributed by atoms with Gasteiger partial charge in [0.05, 0.1) is 0 Å². The minimum Gasteiger partial charge on any atom is -0.483 e. The number of aromatic nitrogens is 1. The highest BCUT2D eigenvalue weighted by Crippen LogP contribution is 2.20. The quantitative estimate of drug-likeness (QED) is 0.929. The van der Waals surface area contributed by atoms with Crippen molar-refractivity contribution in [2.45, 2.75) is 20.8 Å². The van der Waals surface area contributed by atoms with Gasteiger partial charge in [0.2, 0.25) is 0 Å². The van der Waals surface area contributed by atoms with Gasteiger partial charge < -0.3 is 10.1 Å². The Morgan fingerprint density at radius 2 is 2.05 bits per heavy atom. The second-order valence-electron chi connectivity index (χ2n) is 4.75. The molecule has 20 heavy (non-hydrogen) atoms. The summed E-state index contributed by atoms with van der Waals surface area (Å²) in [5.74, 6) is 1.06. The predicted octanol–water partition coefficient (Wildman–Crippen LogP) is 3.02. The highest BCUT2D eigenvalue weighted by atomic mass is 16.5. The van der Waals surface area contributed by atoms with Crippen LogP contribution in [0.2, 0.25) is 0 Å². The number of rotatable bonds is 4. The molecule has 1 aromatic heterocycles. The van der Waals surface area contributed by atoms with E-state index in [1.165, 1.54) is 0 Å². The molecule has 0 saturated heterocycles. The first kappa shape index (κ1) is 14.1. The maximum Gasteiger partial charge on any atom is 0.263 e. The van der Waals surface area contributed by atoms with Crippen LogP contribution in [-0.2, 0) is 4.79 Å². The standard InChI is InChI=1S/C16H18N2O2/c1-11-7-8-17-15(9-11)18-16(19)10-20-14-6-4-5-12(2)13(14)3/h4-9H,10H2,1-3H3,(H,17,18,19). The molecule has 0 atom stereocenters. The zero-order chi connectivity index (χ0) is 14.5. The largest absolute Gasteiger partial charge is 0.483 e. The van der Waals surface area contributed by atoms with E-state index in [2.05, 4.69) is 10.3 Å². The first-order valence-corrected chi connectivity index (χ1v) is 6.48. The summed E-state index contributed by atoms with van der Waals surface area (Å²) >= 11 is 0. The van der Waals surface area contributed by atoms with Crippen molar-refractivity contribution in [2.24, 2.45) is 0 Å². The molecule has 104 valence electrons. The monoisotopic (exact) mass is 270 g/mol. The van der Waals surface area contributed by atoms with Crippen LogP contribution in [0.3, 0.4) is 0 Å². The molecule has 0 unspecified atom stereocenters. The Kier molecular flexibility index (Phi) is 4.35. The number of carbonyl (C=O) groups is 1. The second-order valence-corrected chi connectivity index (χ2v) is 4.75. The van der Waals surface area contributed by atoms with Gasteiger partial charge in [-0.1, -0.05) is 12.1 Å². The van der Waals surface area contributed by atoms with Crippen molar-refractivity contribution in [3.8, 4) is 5.75 Å². The predicted molar refractivity (Wildman–Crippen MR) is 79.0 cm³/mol. The third kappa shape index (κ3) is 3.57. The lowest BCUT2D eigenvalue weighted by Crippen LogP contribution is -2.21. The SMILES string of the molecule is Cc1ccnc(NC(=O)COc2cccc(C)c2C)c1. The van der Waals surface area contributed by atoms with Crippen LogP contribution < -0.4 is 10.1 Å². The highest BCUT2D eigenvalue weighted by Gasteiger charge is 2.07. The van der Waals surface area contributed by atoms with E-state index in [1.54, 1.807) is 6.20 Å². The lowest BCUT2D eigenvalue weighted by Gasteiger charge is -2.10. The number of amides is 1. The number of benzene rings is 1. The van der Waals surface area contributed by atoms with Crippen molar-refractivity contribution >= 4 is 11.7 Å². The zero-order valence-corrected chi connectivity index (χ0v) is 11.9. The number of anilines is 1. The number of ether oxygens (including phenoxy) is 1. The molecule has 0 radical (unpaired) electrons. The maximum absolute atomic E-state index is 11.8. The molecule has 4 nitrogen and oxygen atoms in total. The summed E-state index contributed by atoms with van der Waals surface area (Å²) in [6, 6.07) is 9.48. The molecule has 0 aliphatic rings.